The van der Waals surface area contributed by atoms with Gasteiger partial charge in [-0.25, -0.2) is 0 Å². The SMILES string of the molecule is CCC1OCCC1C(O)c1c(Cl)cnn1C(C)C. The highest BCUT2D eigenvalue weighted by Crippen LogP contribution is 2.38. The number of rotatable bonds is 4. The van der Waals surface area contributed by atoms with E-state index in [1.807, 2.05) is 13.8 Å². The Labute approximate surface area is 113 Å². The van der Waals surface area contributed by atoms with Crippen molar-refractivity contribution in [1.29, 1.82) is 0 Å². The zero-order chi connectivity index (χ0) is 13.3. The molecule has 18 heavy (non-hydrogen) atoms. The summed E-state index contributed by atoms with van der Waals surface area (Å²) in [5, 5.41) is 15.4. The number of hydrogen-bond donors (Lipinski definition) is 1. The molecule has 1 aromatic rings. The van der Waals surface area contributed by atoms with Crippen molar-refractivity contribution in [3.8, 4) is 0 Å². The van der Waals surface area contributed by atoms with Crippen LogP contribution in [-0.2, 0) is 4.74 Å². The molecular formula is C13H21ClN2O2. The summed E-state index contributed by atoms with van der Waals surface area (Å²) in [6.45, 7) is 6.86. The van der Waals surface area contributed by atoms with Crippen molar-refractivity contribution < 1.29 is 9.84 Å². The highest BCUT2D eigenvalue weighted by molar-refractivity contribution is 6.31. The van der Waals surface area contributed by atoms with Crippen molar-refractivity contribution in [2.24, 2.45) is 5.92 Å². The predicted molar refractivity (Wildman–Crippen MR) is 70.7 cm³/mol. The summed E-state index contributed by atoms with van der Waals surface area (Å²) in [5.41, 5.74) is 0.723. The Morgan fingerprint density at radius 1 is 1.61 bits per heavy atom. The fourth-order valence-electron chi connectivity index (χ4n) is 2.69. The van der Waals surface area contributed by atoms with Gasteiger partial charge >= 0.3 is 0 Å². The second kappa shape index (κ2) is 5.59. The van der Waals surface area contributed by atoms with Gasteiger partial charge in [0, 0.05) is 18.6 Å². The van der Waals surface area contributed by atoms with Crippen molar-refractivity contribution in [1.82, 2.24) is 9.78 Å². The van der Waals surface area contributed by atoms with Crippen LogP contribution in [0.4, 0.5) is 0 Å². The fourth-order valence-corrected chi connectivity index (χ4v) is 2.93. The van der Waals surface area contributed by atoms with Crippen LogP contribution < -0.4 is 0 Å². The fraction of sp³-hybridized carbons (Fsp3) is 0.769. The molecule has 3 unspecified atom stereocenters. The highest BCUT2D eigenvalue weighted by Gasteiger charge is 2.36. The molecule has 1 saturated heterocycles. The molecule has 1 aromatic heterocycles. The summed E-state index contributed by atoms with van der Waals surface area (Å²) in [6, 6.07) is 0.185. The summed E-state index contributed by atoms with van der Waals surface area (Å²) in [7, 11) is 0. The third-order valence-electron chi connectivity index (χ3n) is 3.62. The van der Waals surface area contributed by atoms with Gasteiger partial charge in [0.25, 0.3) is 0 Å². The van der Waals surface area contributed by atoms with Crippen LogP contribution in [0.3, 0.4) is 0 Å². The lowest BCUT2D eigenvalue weighted by atomic mass is 9.91. The van der Waals surface area contributed by atoms with Crippen LogP contribution in [-0.4, -0.2) is 27.6 Å². The van der Waals surface area contributed by atoms with Gasteiger partial charge in [0.15, 0.2) is 0 Å². The maximum absolute atomic E-state index is 10.6. The number of hydrogen-bond acceptors (Lipinski definition) is 3. The van der Waals surface area contributed by atoms with Crippen molar-refractivity contribution in [3.63, 3.8) is 0 Å². The minimum absolute atomic E-state index is 0.113. The molecule has 2 rings (SSSR count). The molecule has 0 radical (unpaired) electrons. The lowest BCUT2D eigenvalue weighted by Gasteiger charge is -2.24. The average Bonchev–Trinajstić information content (AvgIpc) is 2.93. The van der Waals surface area contributed by atoms with Crippen LogP contribution in [0.15, 0.2) is 6.20 Å². The lowest BCUT2D eigenvalue weighted by molar-refractivity contribution is 0.0264. The average molecular weight is 273 g/mol. The molecule has 2 heterocycles. The molecule has 5 heteroatoms. The molecule has 0 bridgehead atoms. The monoisotopic (exact) mass is 272 g/mol. The predicted octanol–water partition coefficient (Wildman–Crippen LogP) is 2.97. The zero-order valence-electron chi connectivity index (χ0n) is 11.1. The first-order chi connectivity index (χ1) is 8.56. The first-order valence-corrected chi connectivity index (χ1v) is 6.96. The summed E-state index contributed by atoms with van der Waals surface area (Å²) in [5.74, 6) is 0.113. The quantitative estimate of drug-likeness (QED) is 0.917. The Balaban J connectivity index is 2.27. The van der Waals surface area contributed by atoms with Gasteiger partial charge in [0.1, 0.15) is 6.10 Å². The van der Waals surface area contributed by atoms with Crippen molar-refractivity contribution in [2.45, 2.75) is 51.9 Å². The Bertz CT molecular complexity index is 406. The minimum atomic E-state index is -0.602. The van der Waals surface area contributed by atoms with E-state index >= 15 is 0 Å². The summed E-state index contributed by atoms with van der Waals surface area (Å²) < 4.78 is 7.44. The third-order valence-corrected chi connectivity index (χ3v) is 3.92. The van der Waals surface area contributed by atoms with Gasteiger partial charge in [0.2, 0.25) is 0 Å². The first kappa shape index (κ1) is 13.8. The molecule has 0 amide bonds. The normalized spacial score (nSPS) is 25.9. The molecule has 102 valence electrons. The van der Waals surface area contributed by atoms with Crippen LogP contribution >= 0.6 is 11.6 Å². The van der Waals surface area contributed by atoms with E-state index in [9.17, 15) is 5.11 Å². The van der Waals surface area contributed by atoms with E-state index in [1.165, 1.54) is 0 Å². The van der Waals surface area contributed by atoms with Crippen LogP contribution in [0.25, 0.3) is 0 Å². The van der Waals surface area contributed by atoms with Gasteiger partial charge < -0.3 is 9.84 Å². The molecule has 3 atom stereocenters. The van der Waals surface area contributed by atoms with E-state index in [4.69, 9.17) is 16.3 Å². The number of aliphatic hydroxyl groups excluding tert-OH is 1. The van der Waals surface area contributed by atoms with Crippen molar-refractivity contribution in [2.75, 3.05) is 6.61 Å². The molecule has 1 aliphatic heterocycles. The van der Waals surface area contributed by atoms with E-state index in [2.05, 4.69) is 12.0 Å². The molecule has 4 nitrogen and oxygen atoms in total. The van der Waals surface area contributed by atoms with E-state index < -0.39 is 6.10 Å². The van der Waals surface area contributed by atoms with Gasteiger partial charge in [-0.1, -0.05) is 18.5 Å². The Morgan fingerprint density at radius 3 is 2.94 bits per heavy atom. The van der Waals surface area contributed by atoms with Gasteiger partial charge in [-0.15, -0.1) is 0 Å². The second-order valence-corrected chi connectivity index (χ2v) is 5.54. The van der Waals surface area contributed by atoms with Crippen molar-refractivity contribution in [3.05, 3.63) is 16.9 Å². The van der Waals surface area contributed by atoms with Gasteiger partial charge in [-0.2, -0.15) is 5.10 Å². The van der Waals surface area contributed by atoms with E-state index in [0.717, 1.165) is 18.5 Å². The Kier molecular flexibility index (Phi) is 4.30. The standard InChI is InChI=1S/C13H21ClN2O2/c1-4-11-9(5-6-18-11)13(17)12-10(14)7-15-16(12)8(2)3/h7-9,11,13,17H,4-6H2,1-3H3. The Hall–Kier alpha value is -0.580. The van der Waals surface area contributed by atoms with E-state index in [0.29, 0.717) is 11.6 Å². The molecule has 0 aliphatic carbocycles. The number of aromatic nitrogens is 2. The molecule has 1 N–H and O–H groups in total. The molecule has 0 saturated carbocycles. The summed E-state index contributed by atoms with van der Waals surface area (Å²) >= 11 is 6.17. The van der Waals surface area contributed by atoms with Crippen molar-refractivity contribution >= 4 is 11.6 Å². The number of nitrogens with zero attached hydrogens (tertiary/aromatic N) is 2. The van der Waals surface area contributed by atoms with Crippen LogP contribution in [0.5, 0.6) is 0 Å². The minimum Gasteiger partial charge on any atom is -0.386 e. The van der Waals surface area contributed by atoms with Gasteiger partial charge in [-0.3, -0.25) is 4.68 Å². The Morgan fingerprint density at radius 2 is 2.33 bits per heavy atom. The highest BCUT2D eigenvalue weighted by atomic mass is 35.5. The number of aliphatic hydroxyl groups is 1. The van der Waals surface area contributed by atoms with E-state index in [1.54, 1.807) is 10.9 Å². The van der Waals surface area contributed by atoms with Crippen LogP contribution in [0, 0.1) is 5.92 Å². The summed E-state index contributed by atoms with van der Waals surface area (Å²) in [4.78, 5) is 0. The second-order valence-electron chi connectivity index (χ2n) is 5.13. The maximum atomic E-state index is 10.6. The lowest BCUT2D eigenvalue weighted by Crippen LogP contribution is -2.25. The van der Waals surface area contributed by atoms with Crippen LogP contribution in [0.2, 0.25) is 5.02 Å². The van der Waals surface area contributed by atoms with Gasteiger partial charge in [-0.05, 0) is 26.7 Å². The van der Waals surface area contributed by atoms with Gasteiger partial charge in [0.05, 0.1) is 23.0 Å². The van der Waals surface area contributed by atoms with E-state index in [-0.39, 0.29) is 18.1 Å². The molecule has 1 aliphatic rings. The third kappa shape index (κ3) is 2.42. The zero-order valence-corrected chi connectivity index (χ0v) is 11.9. The summed E-state index contributed by atoms with van der Waals surface area (Å²) in [6.07, 6.45) is 2.91. The number of ether oxygens (including phenoxy) is 1. The maximum Gasteiger partial charge on any atom is 0.103 e. The molecule has 0 spiro atoms. The molecule has 0 aromatic carbocycles. The first-order valence-electron chi connectivity index (χ1n) is 6.58. The molecular weight excluding hydrogens is 252 g/mol. The molecule has 1 fully saturated rings. The largest absolute Gasteiger partial charge is 0.386 e. The smallest absolute Gasteiger partial charge is 0.103 e. The van der Waals surface area contributed by atoms with Crippen LogP contribution in [0.1, 0.15) is 51.5 Å². The topological polar surface area (TPSA) is 47.3 Å². The number of halogens is 1.